The normalized spacial score (nSPS) is 11.5. The molecule has 0 bridgehead atoms. The highest BCUT2D eigenvalue weighted by Gasteiger charge is 2.20. The van der Waals surface area contributed by atoms with Crippen LogP contribution in [0.15, 0.2) is 53.7 Å². The summed E-state index contributed by atoms with van der Waals surface area (Å²) in [7, 11) is 0. The molecule has 0 spiro atoms. The Labute approximate surface area is 172 Å². The van der Waals surface area contributed by atoms with E-state index in [1.54, 1.807) is 31.2 Å². The minimum absolute atomic E-state index is 0.203. The molecule has 3 aromatic rings. The van der Waals surface area contributed by atoms with Gasteiger partial charge in [-0.3, -0.25) is 4.79 Å². The minimum Gasteiger partial charge on any atom is -0.494 e. The summed E-state index contributed by atoms with van der Waals surface area (Å²) in [6, 6.07) is 16.1. The lowest BCUT2D eigenvalue weighted by molar-refractivity contribution is -0.115. The Bertz CT molecular complexity index is 1020. The van der Waals surface area contributed by atoms with Gasteiger partial charge in [-0.15, -0.1) is 10.2 Å². The molecule has 2 aromatic carbocycles. The van der Waals surface area contributed by atoms with E-state index in [2.05, 4.69) is 15.5 Å². The molecule has 1 amide bonds. The van der Waals surface area contributed by atoms with Gasteiger partial charge in [-0.1, -0.05) is 11.8 Å². The number of ether oxygens (including phenoxy) is 1. The van der Waals surface area contributed by atoms with Crippen molar-refractivity contribution in [2.75, 3.05) is 17.8 Å². The van der Waals surface area contributed by atoms with Gasteiger partial charge < -0.3 is 15.9 Å². The minimum atomic E-state index is -0.453. The molecule has 3 rings (SSSR count). The molecule has 0 aliphatic carbocycles. The smallest absolute Gasteiger partial charge is 0.237 e. The lowest BCUT2D eigenvalue weighted by Gasteiger charge is -2.11. The molecule has 1 aromatic heterocycles. The molecule has 0 saturated carbocycles. The summed E-state index contributed by atoms with van der Waals surface area (Å²) in [6.07, 6.45) is 0. The van der Waals surface area contributed by atoms with Gasteiger partial charge in [0.2, 0.25) is 11.1 Å². The molecule has 29 heavy (non-hydrogen) atoms. The molecule has 8 nitrogen and oxygen atoms in total. The number of anilines is 1. The Kier molecular flexibility index (Phi) is 6.36. The third kappa shape index (κ3) is 4.86. The predicted octanol–water partition coefficient (Wildman–Crippen LogP) is 3.05. The maximum Gasteiger partial charge on any atom is 0.237 e. The molecule has 148 valence electrons. The van der Waals surface area contributed by atoms with Crippen LogP contribution in [0.3, 0.4) is 0 Å². The molecule has 3 N–H and O–H groups in total. The number of thioether (sulfide) groups is 1. The number of nitrogens with one attached hydrogen (secondary N) is 1. The van der Waals surface area contributed by atoms with Crippen molar-refractivity contribution in [3.05, 3.63) is 54.1 Å². The van der Waals surface area contributed by atoms with Gasteiger partial charge in [-0.05, 0) is 62.4 Å². The third-order valence-electron chi connectivity index (χ3n) is 4.02. The standard InChI is InChI=1S/C20H20N6O2S/c1-3-28-17-10-6-15(7-11-17)18-24-25-20(26(18)22)29-13(2)19(27)23-16-8-4-14(12-21)5-9-16/h4-11,13H,3,22H2,1-2H3,(H,23,27)/t13-/m1/s1. The summed E-state index contributed by atoms with van der Waals surface area (Å²) in [5.41, 5.74) is 1.94. The Balaban J connectivity index is 1.66. The number of amides is 1. The fourth-order valence-corrected chi connectivity index (χ4v) is 3.27. The zero-order valence-corrected chi connectivity index (χ0v) is 16.8. The number of nitrogens with zero attached hydrogens (tertiary/aromatic N) is 4. The number of aromatic nitrogens is 3. The average molecular weight is 408 g/mol. The number of nitrogens with two attached hydrogens (primary N) is 1. The second-order valence-electron chi connectivity index (χ2n) is 6.07. The SMILES string of the molecule is CCOc1ccc(-c2nnc(S[C@H](C)C(=O)Nc3ccc(C#N)cc3)n2N)cc1. The first-order valence-corrected chi connectivity index (χ1v) is 9.81. The van der Waals surface area contributed by atoms with Gasteiger partial charge in [-0.25, -0.2) is 4.68 Å². The van der Waals surface area contributed by atoms with Crippen molar-refractivity contribution in [2.45, 2.75) is 24.3 Å². The van der Waals surface area contributed by atoms with E-state index < -0.39 is 5.25 Å². The fraction of sp³-hybridized carbons (Fsp3) is 0.200. The molecule has 0 aliphatic rings. The van der Waals surface area contributed by atoms with Crippen molar-refractivity contribution in [3.63, 3.8) is 0 Å². The lowest BCUT2D eigenvalue weighted by atomic mass is 10.2. The van der Waals surface area contributed by atoms with Crippen molar-refractivity contribution in [2.24, 2.45) is 0 Å². The van der Waals surface area contributed by atoms with Crippen molar-refractivity contribution < 1.29 is 9.53 Å². The van der Waals surface area contributed by atoms with E-state index in [0.717, 1.165) is 11.3 Å². The first-order valence-electron chi connectivity index (χ1n) is 8.93. The summed E-state index contributed by atoms with van der Waals surface area (Å²) >= 11 is 1.21. The van der Waals surface area contributed by atoms with Crippen LogP contribution < -0.4 is 15.9 Å². The maximum absolute atomic E-state index is 12.4. The summed E-state index contributed by atoms with van der Waals surface area (Å²) in [5.74, 6) is 7.20. The van der Waals surface area contributed by atoms with E-state index in [1.165, 1.54) is 16.4 Å². The van der Waals surface area contributed by atoms with Crippen molar-refractivity contribution in [3.8, 4) is 23.2 Å². The molecule has 1 heterocycles. The number of nitrogen functional groups attached to an aromatic ring is 1. The van der Waals surface area contributed by atoms with Crippen LogP contribution in [0.25, 0.3) is 11.4 Å². The summed E-state index contributed by atoms with van der Waals surface area (Å²) in [5, 5.41) is 19.9. The van der Waals surface area contributed by atoms with Gasteiger partial charge in [0.25, 0.3) is 0 Å². The van der Waals surface area contributed by atoms with E-state index in [-0.39, 0.29) is 5.91 Å². The highest BCUT2D eigenvalue weighted by Crippen LogP contribution is 2.26. The lowest BCUT2D eigenvalue weighted by Crippen LogP contribution is -2.23. The Morgan fingerprint density at radius 2 is 1.93 bits per heavy atom. The predicted molar refractivity (Wildman–Crippen MR) is 112 cm³/mol. The quantitative estimate of drug-likeness (QED) is 0.455. The van der Waals surface area contributed by atoms with Gasteiger partial charge >= 0.3 is 0 Å². The van der Waals surface area contributed by atoms with Crippen LogP contribution in [-0.2, 0) is 4.79 Å². The Hall–Kier alpha value is -3.51. The van der Waals surface area contributed by atoms with E-state index >= 15 is 0 Å². The van der Waals surface area contributed by atoms with Gasteiger partial charge in [0.05, 0.1) is 23.5 Å². The number of carbonyl (C=O) groups is 1. The third-order valence-corrected chi connectivity index (χ3v) is 5.08. The molecule has 0 aliphatic heterocycles. The number of hydrogen-bond acceptors (Lipinski definition) is 7. The van der Waals surface area contributed by atoms with Crippen LogP contribution in [0.5, 0.6) is 5.75 Å². The molecular formula is C20H20N6O2S. The first-order chi connectivity index (χ1) is 14.0. The van der Waals surface area contributed by atoms with Crippen molar-refractivity contribution >= 4 is 23.4 Å². The average Bonchev–Trinajstić information content (AvgIpc) is 3.09. The second kappa shape index (κ2) is 9.12. The van der Waals surface area contributed by atoms with Crippen LogP contribution in [0.2, 0.25) is 0 Å². The number of hydrogen-bond donors (Lipinski definition) is 2. The summed E-state index contributed by atoms with van der Waals surface area (Å²) in [6.45, 7) is 4.27. The fourth-order valence-electron chi connectivity index (χ4n) is 2.50. The van der Waals surface area contributed by atoms with Gasteiger partial charge in [0.1, 0.15) is 5.75 Å². The largest absolute Gasteiger partial charge is 0.494 e. The summed E-state index contributed by atoms with van der Waals surface area (Å²) in [4.78, 5) is 12.4. The number of benzene rings is 2. The molecular weight excluding hydrogens is 388 g/mol. The topological polar surface area (TPSA) is 119 Å². The van der Waals surface area contributed by atoms with Crippen LogP contribution in [0, 0.1) is 11.3 Å². The first kappa shape index (κ1) is 20.2. The second-order valence-corrected chi connectivity index (χ2v) is 7.38. The zero-order chi connectivity index (χ0) is 20.8. The number of rotatable bonds is 7. The molecule has 0 radical (unpaired) electrons. The van der Waals surface area contributed by atoms with E-state index in [1.807, 2.05) is 37.3 Å². The molecule has 9 heteroatoms. The highest BCUT2D eigenvalue weighted by atomic mass is 32.2. The van der Waals surface area contributed by atoms with E-state index in [0.29, 0.717) is 28.8 Å². The maximum atomic E-state index is 12.4. The number of nitriles is 1. The van der Waals surface area contributed by atoms with E-state index in [4.69, 9.17) is 15.8 Å². The van der Waals surface area contributed by atoms with Gasteiger partial charge in [0, 0.05) is 11.3 Å². The van der Waals surface area contributed by atoms with Crippen LogP contribution in [0.4, 0.5) is 5.69 Å². The molecule has 1 atom stereocenters. The van der Waals surface area contributed by atoms with Crippen LogP contribution >= 0.6 is 11.8 Å². The van der Waals surface area contributed by atoms with E-state index in [9.17, 15) is 4.79 Å². The zero-order valence-electron chi connectivity index (χ0n) is 16.0. The Morgan fingerprint density at radius 1 is 1.24 bits per heavy atom. The number of carbonyl (C=O) groups excluding carboxylic acids is 1. The summed E-state index contributed by atoms with van der Waals surface area (Å²) < 4.78 is 6.80. The Morgan fingerprint density at radius 3 is 2.55 bits per heavy atom. The van der Waals surface area contributed by atoms with Gasteiger partial charge in [0.15, 0.2) is 5.82 Å². The monoisotopic (exact) mass is 408 g/mol. The van der Waals surface area contributed by atoms with Crippen LogP contribution in [0.1, 0.15) is 19.4 Å². The van der Waals surface area contributed by atoms with Gasteiger partial charge in [-0.2, -0.15) is 5.26 Å². The molecule has 0 saturated heterocycles. The van der Waals surface area contributed by atoms with Crippen molar-refractivity contribution in [1.82, 2.24) is 14.9 Å². The van der Waals surface area contributed by atoms with Crippen molar-refractivity contribution in [1.29, 1.82) is 5.26 Å². The molecule has 0 fully saturated rings. The molecule has 0 unspecified atom stereocenters. The highest BCUT2D eigenvalue weighted by molar-refractivity contribution is 8.00. The van der Waals surface area contributed by atoms with Crippen LogP contribution in [-0.4, -0.2) is 32.6 Å².